The molecule has 0 radical (unpaired) electrons. The molecule has 0 aliphatic carbocycles. The standard InChI is InChI=1S/C17H18N2O/c1-13(2)19-15(10-14-6-3-4-8-17(14)19)12-20-16-7-5-9-18-11-16/h3-11,13H,12H2,1-2H3. The van der Waals surface area contributed by atoms with Crippen LogP contribution in [0, 0.1) is 0 Å². The fourth-order valence-corrected chi connectivity index (χ4v) is 2.54. The van der Waals surface area contributed by atoms with E-state index in [9.17, 15) is 0 Å². The Morgan fingerprint density at radius 2 is 2.00 bits per heavy atom. The van der Waals surface area contributed by atoms with Gasteiger partial charge < -0.3 is 9.30 Å². The number of fused-ring (bicyclic) bond motifs is 1. The van der Waals surface area contributed by atoms with Crippen molar-refractivity contribution in [3.05, 3.63) is 60.6 Å². The predicted molar refractivity (Wildman–Crippen MR) is 80.9 cm³/mol. The smallest absolute Gasteiger partial charge is 0.138 e. The van der Waals surface area contributed by atoms with Gasteiger partial charge in [0.1, 0.15) is 12.4 Å². The van der Waals surface area contributed by atoms with Gasteiger partial charge in [0.15, 0.2) is 0 Å². The van der Waals surface area contributed by atoms with Gasteiger partial charge in [-0.1, -0.05) is 18.2 Å². The monoisotopic (exact) mass is 266 g/mol. The maximum Gasteiger partial charge on any atom is 0.138 e. The van der Waals surface area contributed by atoms with E-state index in [1.54, 1.807) is 12.4 Å². The SMILES string of the molecule is CC(C)n1c(COc2cccnc2)cc2ccccc21. The van der Waals surface area contributed by atoms with Crippen LogP contribution in [0.15, 0.2) is 54.9 Å². The highest BCUT2D eigenvalue weighted by Crippen LogP contribution is 2.25. The second-order valence-electron chi connectivity index (χ2n) is 5.14. The van der Waals surface area contributed by atoms with Crippen LogP contribution in [0.5, 0.6) is 5.75 Å². The van der Waals surface area contributed by atoms with E-state index in [0.29, 0.717) is 12.6 Å². The van der Waals surface area contributed by atoms with Gasteiger partial charge in [0.25, 0.3) is 0 Å². The number of aromatic nitrogens is 2. The number of pyridine rings is 1. The van der Waals surface area contributed by atoms with E-state index in [1.165, 1.54) is 16.6 Å². The fraction of sp³-hybridized carbons (Fsp3) is 0.235. The van der Waals surface area contributed by atoms with Crippen molar-refractivity contribution in [1.82, 2.24) is 9.55 Å². The molecule has 102 valence electrons. The summed E-state index contributed by atoms with van der Waals surface area (Å²) in [6, 6.07) is 14.9. The van der Waals surface area contributed by atoms with Gasteiger partial charge in [0.05, 0.1) is 11.9 Å². The van der Waals surface area contributed by atoms with Gasteiger partial charge in [-0.2, -0.15) is 0 Å². The van der Waals surface area contributed by atoms with Gasteiger partial charge in [0, 0.05) is 17.8 Å². The molecule has 0 amide bonds. The lowest BCUT2D eigenvalue weighted by Gasteiger charge is -2.15. The number of benzene rings is 1. The number of hydrogen-bond donors (Lipinski definition) is 0. The van der Waals surface area contributed by atoms with Crippen molar-refractivity contribution in [3.8, 4) is 5.75 Å². The zero-order valence-corrected chi connectivity index (χ0v) is 11.8. The van der Waals surface area contributed by atoms with E-state index in [2.05, 4.69) is 53.7 Å². The Balaban J connectivity index is 1.93. The summed E-state index contributed by atoms with van der Waals surface area (Å²) in [5, 5.41) is 1.26. The summed E-state index contributed by atoms with van der Waals surface area (Å²) in [7, 11) is 0. The van der Waals surface area contributed by atoms with E-state index in [-0.39, 0.29) is 0 Å². The summed E-state index contributed by atoms with van der Waals surface area (Å²) < 4.78 is 8.15. The van der Waals surface area contributed by atoms with E-state index in [1.807, 2.05) is 12.1 Å². The summed E-state index contributed by atoms with van der Waals surface area (Å²) in [5.41, 5.74) is 2.44. The molecule has 3 heteroatoms. The highest BCUT2D eigenvalue weighted by atomic mass is 16.5. The molecule has 0 N–H and O–H groups in total. The van der Waals surface area contributed by atoms with E-state index < -0.39 is 0 Å². The van der Waals surface area contributed by atoms with Crippen molar-refractivity contribution in [3.63, 3.8) is 0 Å². The average Bonchev–Trinajstić information content (AvgIpc) is 2.84. The van der Waals surface area contributed by atoms with E-state index in [4.69, 9.17) is 4.74 Å². The molecular weight excluding hydrogens is 248 g/mol. The summed E-state index contributed by atoms with van der Waals surface area (Å²) >= 11 is 0. The molecule has 2 aromatic heterocycles. The maximum atomic E-state index is 5.83. The summed E-state index contributed by atoms with van der Waals surface area (Å²) in [4.78, 5) is 4.07. The minimum atomic E-state index is 0.405. The second kappa shape index (κ2) is 5.37. The fourth-order valence-electron chi connectivity index (χ4n) is 2.54. The molecule has 3 aromatic rings. The number of para-hydroxylation sites is 1. The molecule has 2 heterocycles. The molecule has 0 saturated heterocycles. The lowest BCUT2D eigenvalue weighted by molar-refractivity contribution is 0.292. The lowest BCUT2D eigenvalue weighted by Crippen LogP contribution is -2.08. The van der Waals surface area contributed by atoms with Crippen LogP contribution in [0.4, 0.5) is 0 Å². The van der Waals surface area contributed by atoms with Crippen LogP contribution < -0.4 is 4.74 Å². The number of hydrogen-bond acceptors (Lipinski definition) is 2. The first-order valence-corrected chi connectivity index (χ1v) is 6.87. The van der Waals surface area contributed by atoms with Crippen molar-refractivity contribution in [2.24, 2.45) is 0 Å². The van der Waals surface area contributed by atoms with Gasteiger partial charge in [-0.15, -0.1) is 0 Å². The maximum absolute atomic E-state index is 5.83. The van der Waals surface area contributed by atoms with Gasteiger partial charge in [-0.25, -0.2) is 0 Å². The van der Waals surface area contributed by atoms with Crippen LogP contribution >= 0.6 is 0 Å². The topological polar surface area (TPSA) is 27.1 Å². The quantitative estimate of drug-likeness (QED) is 0.707. The molecule has 3 nitrogen and oxygen atoms in total. The Hall–Kier alpha value is -2.29. The molecule has 3 rings (SSSR count). The van der Waals surface area contributed by atoms with Crippen LogP contribution in [-0.2, 0) is 6.61 Å². The number of ether oxygens (including phenoxy) is 1. The molecule has 0 fully saturated rings. The highest BCUT2D eigenvalue weighted by molar-refractivity contribution is 5.81. The van der Waals surface area contributed by atoms with E-state index in [0.717, 1.165) is 5.75 Å². The van der Waals surface area contributed by atoms with Crippen LogP contribution in [0.2, 0.25) is 0 Å². The summed E-state index contributed by atoms with van der Waals surface area (Å²) in [6.07, 6.45) is 3.49. The second-order valence-corrected chi connectivity index (χ2v) is 5.14. The number of nitrogens with zero attached hydrogens (tertiary/aromatic N) is 2. The highest BCUT2D eigenvalue weighted by Gasteiger charge is 2.11. The Kier molecular flexibility index (Phi) is 3.42. The van der Waals surface area contributed by atoms with E-state index >= 15 is 0 Å². The van der Waals surface area contributed by atoms with Crippen LogP contribution in [0.1, 0.15) is 25.6 Å². The van der Waals surface area contributed by atoms with Crippen molar-refractivity contribution >= 4 is 10.9 Å². The van der Waals surface area contributed by atoms with Crippen molar-refractivity contribution in [2.75, 3.05) is 0 Å². The van der Waals surface area contributed by atoms with Gasteiger partial charge in [-0.3, -0.25) is 4.98 Å². The Labute approximate surface area is 118 Å². The first kappa shape index (κ1) is 12.7. The van der Waals surface area contributed by atoms with Gasteiger partial charge in [-0.05, 0) is 43.5 Å². The molecule has 1 aromatic carbocycles. The molecule has 0 spiro atoms. The molecule has 0 saturated carbocycles. The molecule has 0 atom stereocenters. The zero-order valence-electron chi connectivity index (χ0n) is 11.8. The van der Waals surface area contributed by atoms with Crippen molar-refractivity contribution < 1.29 is 4.74 Å². The summed E-state index contributed by atoms with van der Waals surface area (Å²) in [5.74, 6) is 0.799. The molecular formula is C17H18N2O. The third-order valence-corrected chi connectivity index (χ3v) is 3.37. The zero-order chi connectivity index (χ0) is 13.9. The minimum Gasteiger partial charge on any atom is -0.486 e. The molecule has 0 aliphatic heterocycles. The molecule has 0 unspecified atom stereocenters. The first-order chi connectivity index (χ1) is 9.75. The first-order valence-electron chi connectivity index (χ1n) is 6.87. The predicted octanol–water partition coefficient (Wildman–Crippen LogP) is 4.20. The largest absolute Gasteiger partial charge is 0.486 e. The average molecular weight is 266 g/mol. The lowest BCUT2D eigenvalue weighted by atomic mass is 10.2. The van der Waals surface area contributed by atoms with Crippen molar-refractivity contribution in [1.29, 1.82) is 0 Å². The summed E-state index contributed by atoms with van der Waals surface area (Å²) in [6.45, 7) is 4.94. The Morgan fingerprint density at radius 3 is 2.75 bits per heavy atom. The van der Waals surface area contributed by atoms with Gasteiger partial charge >= 0.3 is 0 Å². The van der Waals surface area contributed by atoms with Crippen molar-refractivity contribution in [2.45, 2.75) is 26.5 Å². The van der Waals surface area contributed by atoms with Crippen LogP contribution in [0.25, 0.3) is 10.9 Å². The third-order valence-electron chi connectivity index (χ3n) is 3.37. The number of rotatable bonds is 4. The minimum absolute atomic E-state index is 0.405. The molecule has 0 bridgehead atoms. The molecule has 20 heavy (non-hydrogen) atoms. The van der Waals surface area contributed by atoms with Gasteiger partial charge in [0.2, 0.25) is 0 Å². The van der Waals surface area contributed by atoms with Crippen LogP contribution in [-0.4, -0.2) is 9.55 Å². The van der Waals surface area contributed by atoms with Crippen LogP contribution in [0.3, 0.4) is 0 Å². The Bertz CT molecular complexity index is 701. The normalized spacial score (nSPS) is 11.2. The molecule has 0 aliphatic rings. The third kappa shape index (κ3) is 2.39. The Morgan fingerprint density at radius 1 is 1.15 bits per heavy atom.